The number of carbonyl (C=O) groups excluding carboxylic acids is 2. The molecule has 0 unspecified atom stereocenters. The summed E-state index contributed by atoms with van der Waals surface area (Å²) in [6.45, 7) is 4.33. The van der Waals surface area contributed by atoms with Gasteiger partial charge in [0.15, 0.2) is 0 Å². The second-order valence-electron chi connectivity index (χ2n) is 4.72. The second-order valence-corrected chi connectivity index (χ2v) is 4.72. The lowest BCUT2D eigenvalue weighted by Crippen LogP contribution is -2.16. The second kappa shape index (κ2) is 10.2. The van der Waals surface area contributed by atoms with Gasteiger partial charge in [-0.25, -0.2) is 0 Å². The molecule has 118 valence electrons. The Kier molecular flexibility index (Phi) is 9.41. The highest BCUT2D eigenvalue weighted by Gasteiger charge is 2.09. The molecule has 0 aliphatic heterocycles. The minimum absolute atomic E-state index is 0. The van der Waals surface area contributed by atoms with Crippen LogP contribution >= 0.6 is 12.4 Å². The van der Waals surface area contributed by atoms with Crippen LogP contribution in [0, 0.1) is 6.92 Å². The lowest BCUT2D eigenvalue weighted by atomic mass is 10.1. The summed E-state index contributed by atoms with van der Waals surface area (Å²) < 4.78 is 0. The molecule has 1 rings (SSSR count). The third-order valence-corrected chi connectivity index (χ3v) is 2.97. The number of hydrogen-bond acceptors (Lipinski definition) is 3. The van der Waals surface area contributed by atoms with Crippen molar-refractivity contribution in [3.63, 3.8) is 0 Å². The van der Waals surface area contributed by atoms with Gasteiger partial charge in [0.25, 0.3) is 0 Å². The first-order valence-electron chi connectivity index (χ1n) is 6.97. The van der Waals surface area contributed by atoms with Gasteiger partial charge >= 0.3 is 0 Å². The Hall–Kier alpha value is -1.59. The van der Waals surface area contributed by atoms with Crippen LogP contribution in [0.15, 0.2) is 18.2 Å². The first kappa shape index (κ1) is 19.4. The Bertz CT molecular complexity index is 478. The predicted octanol–water partition coefficient (Wildman–Crippen LogP) is 2.83. The van der Waals surface area contributed by atoms with Crippen molar-refractivity contribution in [2.24, 2.45) is 5.73 Å². The average Bonchev–Trinajstić information content (AvgIpc) is 2.41. The summed E-state index contributed by atoms with van der Waals surface area (Å²) in [6.07, 6.45) is 2.37. The number of rotatable bonds is 7. The summed E-state index contributed by atoms with van der Waals surface area (Å²) in [7, 11) is 0. The molecular formula is C15H24ClN3O2. The number of nitrogens with two attached hydrogens (primary N) is 1. The van der Waals surface area contributed by atoms with Crippen LogP contribution in [0.3, 0.4) is 0 Å². The summed E-state index contributed by atoms with van der Waals surface area (Å²) >= 11 is 0. The molecule has 4 N–H and O–H groups in total. The smallest absolute Gasteiger partial charge is 0.224 e. The van der Waals surface area contributed by atoms with Crippen molar-refractivity contribution in [3.05, 3.63) is 23.8 Å². The van der Waals surface area contributed by atoms with E-state index in [-0.39, 0.29) is 24.2 Å². The number of anilines is 2. The zero-order valence-corrected chi connectivity index (χ0v) is 13.4. The molecule has 0 aromatic heterocycles. The molecule has 21 heavy (non-hydrogen) atoms. The summed E-state index contributed by atoms with van der Waals surface area (Å²) in [4.78, 5) is 23.3. The van der Waals surface area contributed by atoms with E-state index in [0.29, 0.717) is 25.8 Å². The van der Waals surface area contributed by atoms with Crippen molar-refractivity contribution in [2.75, 3.05) is 17.2 Å². The van der Waals surface area contributed by atoms with Crippen molar-refractivity contribution in [3.8, 4) is 0 Å². The maximum atomic E-state index is 11.7. The van der Waals surface area contributed by atoms with Gasteiger partial charge in [-0.15, -0.1) is 12.4 Å². The zero-order valence-electron chi connectivity index (χ0n) is 12.6. The topological polar surface area (TPSA) is 84.2 Å². The Morgan fingerprint density at radius 3 is 2.10 bits per heavy atom. The number of halogens is 1. The molecule has 2 amide bonds. The van der Waals surface area contributed by atoms with Crippen molar-refractivity contribution < 1.29 is 9.59 Å². The largest absolute Gasteiger partial charge is 0.330 e. The van der Waals surface area contributed by atoms with Crippen LogP contribution in [-0.2, 0) is 9.59 Å². The van der Waals surface area contributed by atoms with Crippen LogP contribution in [0.2, 0.25) is 0 Å². The van der Waals surface area contributed by atoms with E-state index in [0.717, 1.165) is 23.4 Å². The molecule has 0 fully saturated rings. The molecule has 5 nitrogen and oxygen atoms in total. The maximum Gasteiger partial charge on any atom is 0.224 e. The van der Waals surface area contributed by atoms with Crippen molar-refractivity contribution in [2.45, 2.75) is 39.5 Å². The normalized spacial score (nSPS) is 9.67. The molecule has 0 spiro atoms. The SMILES string of the molecule is CCCC(=O)Nc1cccc(NC(=O)CCCN)c1C.Cl. The fourth-order valence-electron chi connectivity index (χ4n) is 1.82. The van der Waals surface area contributed by atoms with Crippen LogP contribution in [0.25, 0.3) is 0 Å². The molecule has 1 aromatic carbocycles. The lowest BCUT2D eigenvalue weighted by Gasteiger charge is -2.13. The van der Waals surface area contributed by atoms with Gasteiger partial charge < -0.3 is 16.4 Å². The standard InChI is InChI=1S/C15H23N3O2.ClH/c1-3-6-14(19)17-12-7-4-8-13(11(12)2)18-15(20)9-5-10-16;/h4,7-8H,3,5-6,9-10,16H2,1-2H3,(H,17,19)(H,18,20);1H. The van der Waals surface area contributed by atoms with Gasteiger partial charge in [-0.3, -0.25) is 9.59 Å². The van der Waals surface area contributed by atoms with Crippen LogP contribution in [0.4, 0.5) is 11.4 Å². The highest BCUT2D eigenvalue weighted by atomic mass is 35.5. The van der Waals surface area contributed by atoms with Crippen molar-refractivity contribution >= 4 is 35.6 Å². The predicted molar refractivity (Wildman–Crippen MR) is 88.9 cm³/mol. The highest BCUT2D eigenvalue weighted by molar-refractivity contribution is 5.95. The van der Waals surface area contributed by atoms with Crippen LogP contribution in [0.1, 0.15) is 38.2 Å². The highest BCUT2D eigenvalue weighted by Crippen LogP contribution is 2.23. The molecule has 0 atom stereocenters. The van der Waals surface area contributed by atoms with Gasteiger partial charge in [0.1, 0.15) is 0 Å². The van der Waals surface area contributed by atoms with E-state index in [1.807, 2.05) is 32.0 Å². The first-order valence-corrected chi connectivity index (χ1v) is 6.97. The molecule has 6 heteroatoms. The summed E-state index contributed by atoms with van der Waals surface area (Å²) in [6, 6.07) is 5.47. The molecular weight excluding hydrogens is 290 g/mol. The molecule has 0 aliphatic rings. The molecule has 0 heterocycles. The van der Waals surface area contributed by atoms with E-state index in [1.54, 1.807) is 0 Å². The molecule has 1 aromatic rings. The fraction of sp³-hybridized carbons (Fsp3) is 0.467. The van der Waals surface area contributed by atoms with E-state index in [2.05, 4.69) is 10.6 Å². The monoisotopic (exact) mass is 313 g/mol. The Morgan fingerprint density at radius 2 is 1.62 bits per heavy atom. The summed E-state index contributed by atoms with van der Waals surface area (Å²) in [5, 5.41) is 5.70. The third-order valence-electron chi connectivity index (χ3n) is 2.97. The van der Waals surface area contributed by atoms with Gasteiger partial charge in [0, 0.05) is 24.2 Å². The van der Waals surface area contributed by atoms with E-state index in [9.17, 15) is 9.59 Å². The number of hydrogen-bond donors (Lipinski definition) is 3. The zero-order chi connectivity index (χ0) is 15.0. The molecule has 0 radical (unpaired) electrons. The summed E-state index contributed by atoms with van der Waals surface area (Å²) in [5.74, 6) is -0.0715. The lowest BCUT2D eigenvalue weighted by molar-refractivity contribution is -0.117. The van der Waals surface area contributed by atoms with Gasteiger partial charge in [-0.1, -0.05) is 13.0 Å². The first-order chi connectivity index (χ1) is 9.58. The van der Waals surface area contributed by atoms with E-state index in [4.69, 9.17) is 5.73 Å². The molecule has 0 aliphatic carbocycles. The quantitative estimate of drug-likeness (QED) is 0.723. The van der Waals surface area contributed by atoms with Crippen LogP contribution < -0.4 is 16.4 Å². The van der Waals surface area contributed by atoms with Crippen molar-refractivity contribution in [1.82, 2.24) is 0 Å². The van der Waals surface area contributed by atoms with Crippen LogP contribution in [-0.4, -0.2) is 18.4 Å². The summed E-state index contributed by atoms with van der Waals surface area (Å²) in [5.41, 5.74) is 7.70. The Morgan fingerprint density at radius 1 is 1.10 bits per heavy atom. The van der Waals surface area contributed by atoms with Gasteiger partial charge in [-0.2, -0.15) is 0 Å². The Labute approximate surface area is 132 Å². The molecule has 0 saturated carbocycles. The van der Waals surface area contributed by atoms with E-state index < -0.39 is 0 Å². The van der Waals surface area contributed by atoms with Crippen molar-refractivity contribution in [1.29, 1.82) is 0 Å². The number of nitrogens with one attached hydrogen (secondary N) is 2. The minimum Gasteiger partial charge on any atom is -0.330 e. The van der Waals surface area contributed by atoms with Gasteiger partial charge in [-0.05, 0) is 44.0 Å². The van der Waals surface area contributed by atoms with Crippen LogP contribution in [0.5, 0.6) is 0 Å². The van der Waals surface area contributed by atoms with E-state index in [1.165, 1.54) is 0 Å². The maximum absolute atomic E-state index is 11.7. The minimum atomic E-state index is -0.0596. The molecule has 0 bridgehead atoms. The third kappa shape index (κ3) is 6.60. The van der Waals surface area contributed by atoms with E-state index >= 15 is 0 Å². The van der Waals surface area contributed by atoms with Gasteiger partial charge in [0.05, 0.1) is 0 Å². The number of benzene rings is 1. The Balaban J connectivity index is 0.00000400. The number of amides is 2. The van der Waals surface area contributed by atoms with Gasteiger partial charge in [0.2, 0.25) is 11.8 Å². The number of carbonyl (C=O) groups is 2. The molecule has 0 saturated heterocycles. The fourth-order valence-corrected chi connectivity index (χ4v) is 1.82. The average molecular weight is 314 g/mol.